The van der Waals surface area contributed by atoms with Gasteiger partial charge in [0.2, 0.25) is 0 Å². The van der Waals surface area contributed by atoms with Crippen molar-refractivity contribution >= 4 is 23.5 Å². The van der Waals surface area contributed by atoms with Crippen molar-refractivity contribution in [3.05, 3.63) is 65.5 Å². The van der Waals surface area contributed by atoms with Gasteiger partial charge in [0.1, 0.15) is 5.70 Å². The van der Waals surface area contributed by atoms with Crippen LogP contribution in [-0.2, 0) is 19.1 Å². The van der Waals surface area contributed by atoms with Gasteiger partial charge in [-0.15, -0.1) is 0 Å². The first kappa shape index (κ1) is 20.4. The number of anilines is 1. The molecule has 1 saturated heterocycles. The van der Waals surface area contributed by atoms with Crippen molar-refractivity contribution in [3.8, 4) is 0 Å². The second-order valence-corrected chi connectivity index (χ2v) is 6.72. The predicted octanol–water partition coefficient (Wildman–Crippen LogP) is 2.80. The van der Waals surface area contributed by atoms with Crippen LogP contribution in [0.4, 0.5) is 5.69 Å². The zero-order chi connectivity index (χ0) is 20.8. The summed E-state index contributed by atoms with van der Waals surface area (Å²) in [5.74, 6) is -1.38. The van der Waals surface area contributed by atoms with E-state index in [9.17, 15) is 14.4 Å². The first-order valence-corrected chi connectivity index (χ1v) is 9.51. The first-order valence-electron chi connectivity index (χ1n) is 9.51. The van der Waals surface area contributed by atoms with Crippen molar-refractivity contribution in [1.29, 1.82) is 0 Å². The molecule has 1 amide bonds. The average molecular weight is 396 g/mol. The average Bonchev–Trinajstić information content (AvgIpc) is 3.01. The van der Waals surface area contributed by atoms with Gasteiger partial charge in [-0.2, -0.15) is 0 Å². The SMILES string of the molecule is COC(=O)C1=C(C(=O)OC)N(c2cccc(C(=O)N3CCCCC3)c2)C=CC=C1. The molecule has 0 spiro atoms. The van der Waals surface area contributed by atoms with E-state index < -0.39 is 11.9 Å². The monoisotopic (exact) mass is 396 g/mol. The minimum atomic E-state index is -0.686. The lowest BCUT2D eigenvalue weighted by atomic mass is 10.1. The molecule has 1 aromatic rings. The Kier molecular flexibility index (Phi) is 6.49. The molecule has 1 aromatic carbocycles. The Morgan fingerprint density at radius 3 is 2.34 bits per heavy atom. The van der Waals surface area contributed by atoms with Gasteiger partial charge in [0.05, 0.1) is 19.8 Å². The third-order valence-corrected chi connectivity index (χ3v) is 4.90. The molecule has 0 aliphatic carbocycles. The Hall–Kier alpha value is -3.35. The molecule has 2 heterocycles. The number of amides is 1. The van der Waals surface area contributed by atoms with Gasteiger partial charge in [0.25, 0.3) is 5.91 Å². The maximum absolute atomic E-state index is 12.9. The van der Waals surface area contributed by atoms with E-state index in [-0.39, 0.29) is 17.2 Å². The topological polar surface area (TPSA) is 76.2 Å². The number of esters is 2. The Morgan fingerprint density at radius 2 is 1.66 bits per heavy atom. The van der Waals surface area contributed by atoms with Gasteiger partial charge in [-0.1, -0.05) is 12.1 Å². The normalized spacial score (nSPS) is 16.5. The summed E-state index contributed by atoms with van der Waals surface area (Å²) in [6.07, 6.45) is 9.61. The number of rotatable bonds is 4. The number of nitrogens with zero attached hydrogens (tertiary/aromatic N) is 2. The molecule has 29 heavy (non-hydrogen) atoms. The molecule has 0 N–H and O–H groups in total. The van der Waals surface area contributed by atoms with Gasteiger partial charge >= 0.3 is 11.9 Å². The second-order valence-electron chi connectivity index (χ2n) is 6.72. The third kappa shape index (κ3) is 4.39. The van der Waals surface area contributed by atoms with Gasteiger partial charge in [0.15, 0.2) is 0 Å². The summed E-state index contributed by atoms with van der Waals surface area (Å²) < 4.78 is 9.73. The van der Waals surface area contributed by atoms with Crippen LogP contribution >= 0.6 is 0 Å². The van der Waals surface area contributed by atoms with Crippen molar-refractivity contribution in [2.24, 2.45) is 0 Å². The zero-order valence-electron chi connectivity index (χ0n) is 16.6. The van der Waals surface area contributed by atoms with E-state index in [0.717, 1.165) is 32.4 Å². The molecule has 0 bridgehead atoms. The van der Waals surface area contributed by atoms with E-state index in [1.165, 1.54) is 25.2 Å². The number of methoxy groups -OCH3 is 2. The number of hydrogen-bond acceptors (Lipinski definition) is 6. The number of likely N-dealkylation sites (tertiary alicyclic amines) is 1. The predicted molar refractivity (Wildman–Crippen MR) is 108 cm³/mol. The standard InChI is InChI=1S/C22H24N2O5/c1-28-21(26)18-11-4-7-14-24(19(18)22(27)29-2)17-10-8-9-16(15-17)20(25)23-12-5-3-6-13-23/h4,7-11,14-15H,3,5-6,12-13H2,1-2H3. The van der Waals surface area contributed by atoms with Crippen molar-refractivity contribution in [2.45, 2.75) is 19.3 Å². The fourth-order valence-electron chi connectivity index (χ4n) is 3.43. The molecule has 0 aromatic heterocycles. The van der Waals surface area contributed by atoms with Crippen molar-refractivity contribution in [1.82, 2.24) is 4.90 Å². The fourth-order valence-corrected chi connectivity index (χ4v) is 3.43. The molecule has 3 rings (SSSR count). The highest BCUT2D eigenvalue weighted by atomic mass is 16.5. The van der Waals surface area contributed by atoms with E-state index in [4.69, 9.17) is 9.47 Å². The highest BCUT2D eigenvalue weighted by Crippen LogP contribution is 2.27. The number of hydrogen-bond donors (Lipinski definition) is 0. The number of benzene rings is 1. The van der Waals surface area contributed by atoms with Crippen LogP contribution in [0.2, 0.25) is 0 Å². The largest absolute Gasteiger partial charge is 0.465 e. The zero-order valence-corrected chi connectivity index (χ0v) is 16.6. The molecule has 0 saturated carbocycles. The third-order valence-electron chi connectivity index (χ3n) is 4.90. The van der Waals surface area contributed by atoms with Gasteiger partial charge in [0, 0.05) is 30.5 Å². The molecule has 0 atom stereocenters. The van der Waals surface area contributed by atoms with Crippen LogP contribution in [0.25, 0.3) is 0 Å². The maximum atomic E-state index is 12.9. The van der Waals surface area contributed by atoms with E-state index in [0.29, 0.717) is 11.3 Å². The fraction of sp³-hybridized carbons (Fsp3) is 0.318. The Morgan fingerprint density at radius 1 is 0.931 bits per heavy atom. The smallest absolute Gasteiger partial charge is 0.355 e. The Balaban J connectivity index is 2.02. The van der Waals surface area contributed by atoms with Crippen LogP contribution in [0.1, 0.15) is 29.6 Å². The summed E-state index contributed by atoms with van der Waals surface area (Å²) in [6.45, 7) is 1.49. The minimum Gasteiger partial charge on any atom is -0.465 e. The van der Waals surface area contributed by atoms with E-state index in [2.05, 4.69) is 0 Å². The summed E-state index contributed by atoms with van der Waals surface area (Å²) in [6, 6.07) is 6.99. The summed E-state index contributed by atoms with van der Waals surface area (Å²) in [5, 5.41) is 0. The molecular weight excluding hydrogens is 372 g/mol. The van der Waals surface area contributed by atoms with Crippen molar-refractivity contribution in [2.75, 3.05) is 32.2 Å². The van der Waals surface area contributed by atoms with E-state index in [1.54, 1.807) is 42.6 Å². The Labute approximate surface area is 169 Å². The van der Waals surface area contributed by atoms with E-state index in [1.807, 2.05) is 4.90 Å². The van der Waals surface area contributed by atoms with Crippen molar-refractivity contribution < 1.29 is 23.9 Å². The summed E-state index contributed by atoms with van der Waals surface area (Å²) in [4.78, 5) is 41.1. The molecule has 0 radical (unpaired) electrons. The van der Waals surface area contributed by atoms with Crippen LogP contribution in [0.15, 0.2) is 60.0 Å². The molecule has 2 aliphatic heterocycles. The van der Waals surface area contributed by atoms with Gasteiger partial charge in [-0.25, -0.2) is 9.59 Å². The lowest BCUT2D eigenvalue weighted by Crippen LogP contribution is -2.35. The van der Waals surface area contributed by atoms with E-state index >= 15 is 0 Å². The number of allylic oxidation sites excluding steroid dienone is 2. The lowest BCUT2D eigenvalue weighted by molar-refractivity contribution is -0.139. The highest BCUT2D eigenvalue weighted by Gasteiger charge is 2.28. The van der Waals surface area contributed by atoms with Gasteiger partial charge in [-0.3, -0.25) is 4.79 Å². The second kappa shape index (κ2) is 9.23. The summed E-state index contributed by atoms with van der Waals surface area (Å²) in [5.41, 5.74) is 1.18. The summed E-state index contributed by atoms with van der Waals surface area (Å²) >= 11 is 0. The summed E-state index contributed by atoms with van der Waals surface area (Å²) in [7, 11) is 2.50. The van der Waals surface area contributed by atoms with Crippen LogP contribution in [-0.4, -0.2) is 50.1 Å². The Bertz CT molecular complexity index is 894. The number of piperidine rings is 1. The molecule has 2 aliphatic rings. The number of ether oxygens (including phenoxy) is 2. The highest BCUT2D eigenvalue weighted by molar-refractivity contribution is 6.05. The molecule has 152 valence electrons. The van der Waals surface area contributed by atoms with Crippen LogP contribution in [0, 0.1) is 0 Å². The molecular formula is C22H24N2O5. The van der Waals surface area contributed by atoms with Gasteiger partial charge in [-0.05, 0) is 49.6 Å². The number of carbonyl (C=O) groups excluding carboxylic acids is 3. The lowest BCUT2D eigenvalue weighted by Gasteiger charge is -2.27. The van der Waals surface area contributed by atoms with Crippen LogP contribution in [0.3, 0.4) is 0 Å². The minimum absolute atomic E-state index is 0.0203. The van der Waals surface area contributed by atoms with Gasteiger partial charge < -0.3 is 19.3 Å². The van der Waals surface area contributed by atoms with Crippen molar-refractivity contribution in [3.63, 3.8) is 0 Å². The molecule has 0 unspecified atom stereocenters. The first-order chi connectivity index (χ1) is 14.1. The van der Waals surface area contributed by atoms with Crippen LogP contribution < -0.4 is 4.90 Å². The molecule has 7 heteroatoms. The number of carbonyl (C=O) groups is 3. The van der Waals surface area contributed by atoms with Crippen LogP contribution in [0.5, 0.6) is 0 Å². The maximum Gasteiger partial charge on any atom is 0.355 e. The quantitative estimate of drug-likeness (QED) is 0.729. The molecule has 7 nitrogen and oxygen atoms in total. The molecule has 1 fully saturated rings.